The molecule has 1 aromatic heterocycles. The average molecular weight is 244 g/mol. The number of carbonyl (C=O) groups is 1. The Kier molecular flexibility index (Phi) is 3.14. The van der Waals surface area contributed by atoms with Gasteiger partial charge in [-0.15, -0.1) is 0 Å². The van der Waals surface area contributed by atoms with E-state index in [2.05, 4.69) is 0 Å². The summed E-state index contributed by atoms with van der Waals surface area (Å²) in [4.78, 5) is 22.7. The van der Waals surface area contributed by atoms with Gasteiger partial charge >= 0.3 is 5.97 Å². The summed E-state index contributed by atoms with van der Waals surface area (Å²) < 4.78 is 1.43. The van der Waals surface area contributed by atoms with E-state index < -0.39 is 5.97 Å². The molecule has 5 nitrogen and oxygen atoms in total. The molecule has 0 aliphatic carbocycles. The summed E-state index contributed by atoms with van der Waals surface area (Å²) in [7, 11) is 0. The fraction of sp³-hybridized carbons (Fsp3) is 0.0769. The van der Waals surface area contributed by atoms with E-state index >= 15 is 0 Å². The molecule has 0 unspecified atom stereocenters. The summed E-state index contributed by atoms with van der Waals surface area (Å²) in [6.45, 7) is 0.187. The number of carboxylic acids is 1. The minimum atomic E-state index is -1.09. The summed E-state index contributed by atoms with van der Waals surface area (Å²) in [5.41, 5.74) is 6.22. The molecule has 5 heteroatoms. The van der Waals surface area contributed by atoms with E-state index in [-0.39, 0.29) is 23.4 Å². The second kappa shape index (κ2) is 4.75. The van der Waals surface area contributed by atoms with E-state index in [0.29, 0.717) is 5.56 Å². The second-order valence-electron chi connectivity index (χ2n) is 3.85. The van der Waals surface area contributed by atoms with Crippen LogP contribution in [0.5, 0.6) is 0 Å². The van der Waals surface area contributed by atoms with Gasteiger partial charge in [-0.3, -0.25) is 4.79 Å². The molecule has 0 fully saturated rings. The number of anilines is 1. The number of aromatic nitrogens is 1. The summed E-state index contributed by atoms with van der Waals surface area (Å²) in [6.07, 6.45) is 1.61. The Labute approximate surface area is 103 Å². The molecule has 2 aromatic rings. The van der Waals surface area contributed by atoms with Crippen LogP contribution in [0, 0.1) is 0 Å². The summed E-state index contributed by atoms with van der Waals surface area (Å²) in [5.74, 6) is -1.09. The Bertz CT molecular complexity index is 647. The Morgan fingerprint density at radius 1 is 1.22 bits per heavy atom. The molecule has 0 amide bonds. The van der Waals surface area contributed by atoms with E-state index in [1.165, 1.54) is 16.7 Å². The molecule has 0 aliphatic heterocycles. The van der Waals surface area contributed by atoms with Crippen LogP contribution in [0.1, 0.15) is 15.9 Å². The molecule has 18 heavy (non-hydrogen) atoms. The maximum atomic E-state index is 11.6. The van der Waals surface area contributed by atoms with Crippen molar-refractivity contribution in [3.63, 3.8) is 0 Å². The number of hydrogen-bond acceptors (Lipinski definition) is 3. The van der Waals surface area contributed by atoms with Gasteiger partial charge in [-0.25, -0.2) is 4.79 Å². The zero-order valence-corrected chi connectivity index (χ0v) is 9.54. The zero-order chi connectivity index (χ0) is 13.1. The summed E-state index contributed by atoms with van der Waals surface area (Å²) in [5, 5.41) is 9.13. The Hall–Kier alpha value is -2.56. The van der Waals surface area contributed by atoms with Gasteiger partial charge in [-0.1, -0.05) is 18.2 Å². The van der Waals surface area contributed by atoms with Crippen molar-refractivity contribution in [3.05, 3.63) is 64.1 Å². The highest BCUT2D eigenvalue weighted by Crippen LogP contribution is 2.17. The Morgan fingerprint density at radius 3 is 2.67 bits per heavy atom. The molecule has 0 bridgehead atoms. The molecule has 92 valence electrons. The number of pyridine rings is 1. The van der Waals surface area contributed by atoms with Crippen molar-refractivity contribution in [3.8, 4) is 0 Å². The molecule has 3 N–H and O–H groups in total. The third kappa shape index (κ3) is 2.24. The van der Waals surface area contributed by atoms with E-state index in [1.54, 1.807) is 30.5 Å². The molecule has 0 aliphatic rings. The quantitative estimate of drug-likeness (QED) is 0.794. The van der Waals surface area contributed by atoms with Gasteiger partial charge in [-0.2, -0.15) is 0 Å². The Morgan fingerprint density at radius 2 is 2.00 bits per heavy atom. The first kappa shape index (κ1) is 11.9. The smallest absolute Gasteiger partial charge is 0.338 e. The minimum absolute atomic E-state index is 0.0493. The van der Waals surface area contributed by atoms with Crippen LogP contribution in [-0.2, 0) is 6.54 Å². The Balaban J connectivity index is 2.47. The maximum Gasteiger partial charge on any atom is 0.338 e. The normalized spacial score (nSPS) is 10.2. The third-order valence-electron chi connectivity index (χ3n) is 2.64. The van der Waals surface area contributed by atoms with E-state index in [9.17, 15) is 9.59 Å². The molecule has 0 spiro atoms. The number of nitrogen functional groups attached to an aromatic ring is 1. The molecule has 1 aromatic carbocycles. The number of rotatable bonds is 3. The third-order valence-corrected chi connectivity index (χ3v) is 2.64. The second-order valence-corrected chi connectivity index (χ2v) is 3.85. The van der Waals surface area contributed by atoms with E-state index in [1.807, 2.05) is 0 Å². The van der Waals surface area contributed by atoms with Gasteiger partial charge < -0.3 is 15.4 Å². The van der Waals surface area contributed by atoms with Crippen LogP contribution >= 0.6 is 0 Å². The van der Waals surface area contributed by atoms with Gasteiger partial charge in [0, 0.05) is 18.0 Å². The van der Waals surface area contributed by atoms with E-state index in [0.717, 1.165) is 0 Å². The van der Waals surface area contributed by atoms with Crippen LogP contribution in [0.15, 0.2) is 47.4 Å². The highest BCUT2D eigenvalue weighted by Gasteiger charge is 2.13. The van der Waals surface area contributed by atoms with Crippen molar-refractivity contribution in [2.45, 2.75) is 6.54 Å². The standard InChI is InChI=1S/C13H12N2O3/c14-10-5-3-4-9(12(10)13(17)18)8-15-7-2-1-6-11(15)16/h1-7H,8,14H2,(H,17,18). The first-order chi connectivity index (χ1) is 8.59. The monoisotopic (exact) mass is 244 g/mol. The average Bonchev–Trinajstić information content (AvgIpc) is 2.31. The first-order valence-corrected chi connectivity index (χ1v) is 5.35. The largest absolute Gasteiger partial charge is 0.478 e. The molecule has 0 saturated carbocycles. The number of hydrogen-bond donors (Lipinski definition) is 2. The molecule has 2 rings (SSSR count). The van der Waals surface area contributed by atoms with Crippen molar-refractivity contribution >= 4 is 11.7 Å². The van der Waals surface area contributed by atoms with Crippen molar-refractivity contribution in [2.75, 3.05) is 5.73 Å². The predicted molar refractivity (Wildman–Crippen MR) is 67.6 cm³/mol. The highest BCUT2D eigenvalue weighted by atomic mass is 16.4. The molecule has 0 atom stereocenters. The van der Waals surface area contributed by atoms with Crippen LogP contribution in [0.2, 0.25) is 0 Å². The van der Waals surface area contributed by atoms with Crippen molar-refractivity contribution < 1.29 is 9.90 Å². The fourth-order valence-electron chi connectivity index (χ4n) is 1.79. The lowest BCUT2D eigenvalue weighted by Gasteiger charge is -2.10. The lowest BCUT2D eigenvalue weighted by Crippen LogP contribution is -2.20. The fourth-order valence-corrected chi connectivity index (χ4v) is 1.79. The molecule has 1 heterocycles. The molecular weight excluding hydrogens is 232 g/mol. The lowest BCUT2D eigenvalue weighted by atomic mass is 10.1. The summed E-state index contributed by atoms with van der Waals surface area (Å²) >= 11 is 0. The van der Waals surface area contributed by atoms with Gasteiger partial charge in [-0.05, 0) is 17.7 Å². The number of nitrogens with two attached hydrogens (primary N) is 1. The first-order valence-electron chi connectivity index (χ1n) is 5.35. The SMILES string of the molecule is Nc1cccc(Cn2ccccc2=O)c1C(=O)O. The molecule has 0 saturated heterocycles. The van der Waals surface area contributed by atoms with Gasteiger partial charge in [0.05, 0.1) is 12.1 Å². The maximum absolute atomic E-state index is 11.6. The lowest BCUT2D eigenvalue weighted by molar-refractivity contribution is 0.0696. The molecular formula is C13H12N2O3. The summed E-state index contributed by atoms with van der Waals surface area (Å²) in [6, 6.07) is 9.63. The molecule has 0 radical (unpaired) electrons. The number of aromatic carboxylic acids is 1. The highest BCUT2D eigenvalue weighted by molar-refractivity contribution is 5.95. The van der Waals surface area contributed by atoms with Gasteiger partial charge in [0.25, 0.3) is 5.56 Å². The van der Waals surface area contributed by atoms with Gasteiger partial charge in [0.2, 0.25) is 0 Å². The van der Waals surface area contributed by atoms with Gasteiger partial charge in [0.15, 0.2) is 0 Å². The van der Waals surface area contributed by atoms with Crippen LogP contribution < -0.4 is 11.3 Å². The number of carboxylic acid groups (broad SMARTS) is 1. The topological polar surface area (TPSA) is 85.3 Å². The number of nitrogens with zero attached hydrogens (tertiary/aromatic N) is 1. The number of benzene rings is 1. The van der Waals surface area contributed by atoms with Crippen LogP contribution in [0.25, 0.3) is 0 Å². The van der Waals surface area contributed by atoms with Crippen LogP contribution in [-0.4, -0.2) is 15.6 Å². The van der Waals surface area contributed by atoms with Crippen LogP contribution in [0.4, 0.5) is 5.69 Å². The zero-order valence-electron chi connectivity index (χ0n) is 9.54. The van der Waals surface area contributed by atoms with Crippen LogP contribution in [0.3, 0.4) is 0 Å². The van der Waals surface area contributed by atoms with E-state index in [4.69, 9.17) is 10.8 Å². The predicted octanol–water partition coefficient (Wildman–Crippen LogP) is 1.18. The van der Waals surface area contributed by atoms with Crippen molar-refractivity contribution in [2.24, 2.45) is 0 Å². The van der Waals surface area contributed by atoms with Crippen molar-refractivity contribution in [1.82, 2.24) is 4.57 Å². The minimum Gasteiger partial charge on any atom is -0.478 e. The van der Waals surface area contributed by atoms with Crippen molar-refractivity contribution in [1.29, 1.82) is 0 Å². The van der Waals surface area contributed by atoms with Gasteiger partial charge in [0.1, 0.15) is 0 Å².